The second kappa shape index (κ2) is 10.5. The molecule has 3 heterocycles. The minimum absolute atomic E-state index is 0.142. The Bertz CT molecular complexity index is 1590. The van der Waals surface area contributed by atoms with Crippen LogP contribution < -0.4 is 5.56 Å². The Balaban J connectivity index is 1.54. The van der Waals surface area contributed by atoms with Crippen molar-refractivity contribution in [2.24, 2.45) is 0 Å². The monoisotopic (exact) mass is 549 g/mol. The number of nitrogens with one attached hydrogen (secondary N) is 1. The molecule has 0 unspecified atom stereocenters. The minimum atomic E-state index is -3.63. The molecular formula is C22H23N5O6S3. The topological polar surface area (TPSA) is 148 Å². The van der Waals surface area contributed by atoms with Gasteiger partial charge >= 0.3 is 5.97 Å². The van der Waals surface area contributed by atoms with Gasteiger partial charge < -0.3 is 14.1 Å². The summed E-state index contributed by atoms with van der Waals surface area (Å²) in [5.74, 6) is 0.260. The zero-order valence-corrected chi connectivity index (χ0v) is 22.3. The van der Waals surface area contributed by atoms with Crippen molar-refractivity contribution in [2.45, 2.75) is 36.6 Å². The lowest BCUT2D eigenvalue weighted by Crippen LogP contribution is -2.30. The number of hydrogen-bond donors (Lipinski definition) is 1. The zero-order chi connectivity index (χ0) is 26.0. The summed E-state index contributed by atoms with van der Waals surface area (Å²) in [5, 5.41) is 8.62. The molecule has 190 valence electrons. The molecule has 1 N–H and O–H groups in total. The number of esters is 1. The SMILES string of the molecule is CCN(CC)S(=O)(=O)c1cccc(-c2nnc(SCc3nc4sc(C(=O)OC)c(C)c4c(=O)[nH]3)o2)c1. The van der Waals surface area contributed by atoms with E-state index in [1.54, 1.807) is 32.9 Å². The maximum Gasteiger partial charge on any atom is 0.348 e. The maximum atomic E-state index is 12.8. The van der Waals surface area contributed by atoms with Crippen molar-refractivity contribution in [3.63, 3.8) is 0 Å². The molecule has 0 amide bonds. The Morgan fingerprint density at radius 1 is 1.25 bits per heavy atom. The number of aromatic nitrogens is 4. The standard InChI is InChI=1S/C22H23N5O6S3/c1-5-27(6-2)36(30,31)14-9-7-8-13(10-14)19-25-26-22(33-19)34-11-15-23-18(28)16-12(3)17(21(29)32-4)35-20(16)24-15/h7-10H,5-6,11H2,1-4H3,(H,23,24,28). The molecule has 0 saturated heterocycles. The van der Waals surface area contributed by atoms with Gasteiger partial charge in [0.1, 0.15) is 15.5 Å². The van der Waals surface area contributed by atoms with Crippen LogP contribution >= 0.6 is 23.1 Å². The Hall–Kier alpha value is -3.07. The molecule has 36 heavy (non-hydrogen) atoms. The van der Waals surface area contributed by atoms with Crippen molar-refractivity contribution >= 4 is 49.3 Å². The first kappa shape index (κ1) is 26.0. The predicted molar refractivity (Wildman–Crippen MR) is 136 cm³/mol. The first-order valence-corrected chi connectivity index (χ1v) is 14.1. The van der Waals surface area contributed by atoms with E-state index in [1.165, 1.54) is 23.5 Å². The van der Waals surface area contributed by atoms with E-state index in [-0.39, 0.29) is 27.3 Å². The summed E-state index contributed by atoms with van der Waals surface area (Å²) in [6.07, 6.45) is 0. The number of sulfonamides is 1. The van der Waals surface area contributed by atoms with Crippen molar-refractivity contribution in [3.8, 4) is 11.5 Å². The average molecular weight is 550 g/mol. The largest absolute Gasteiger partial charge is 0.465 e. The number of carbonyl (C=O) groups excluding carboxylic acids is 1. The molecule has 11 nitrogen and oxygen atoms in total. The van der Waals surface area contributed by atoms with Gasteiger partial charge in [0.25, 0.3) is 10.8 Å². The number of fused-ring (bicyclic) bond motifs is 1. The highest BCUT2D eigenvalue weighted by Gasteiger charge is 2.23. The Morgan fingerprint density at radius 2 is 2.00 bits per heavy atom. The van der Waals surface area contributed by atoms with E-state index in [0.717, 1.165) is 23.1 Å². The molecule has 0 radical (unpaired) electrons. The molecule has 0 aliphatic rings. The van der Waals surface area contributed by atoms with Gasteiger partial charge in [0.15, 0.2) is 0 Å². The molecule has 0 fully saturated rings. The molecule has 0 atom stereocenters. The number of ether oxygens (including phenoxy) is 1. The smallest absolute Gasteiger partial charge is 0.348 e. The second-order valence-electron chi connectivity index (χ2n) is 7.52. The minimum Gasteiger partial charge on any atom is -0.465 e. The number of carbonyl (C=O) groups is 1. The summed E-state index contributed by atoms with van der Waals surface area (Å²) in [5.41, 5.74) is 0.651. The van der Waals surface area contributed by atoms with E-state index in [2.05, 4.69) is 20.2 Å². The lowest BCUT2D eigenvalue weighted by atomic mass is 10.2. The molecule has 4 aromatic rings. The quantitative estimate of drug-likeness (QED) is 0.243. The van der Waals surface area contributed by atoms with E-state index >= 15 is 0 Å². The number of thiophene rings is 1. The molecular weight excluding hydrogens is 526 g/mol. The third-order valence-electron chi connectivity index (χ3n) is 5.38. The van der Waals surface area contributed by atoms with Crippen molar-refractivity contribution in [1.29, 1.82) is 0 Å². The van der Waals surface area contributed by atoms with Gasteiger partial charge in [-0.25, -0.2) is 18.2 Å². The summed E-state index contributed by atoms with van der Waals surface area (Å²) < 4.78 is 37.5. The number of rotatable bonds is 9. The molecule has 0 saturated carbocycles. The van der Waals surface area contributed by atoms with Crippen LogP contribution in [0.3, 0.4) is 0 Å². The van der Waals surface area contributed by atoms with E-state index in [4.69, 9.17) is 9.15 Å². The molecule has 0 spiro atoms. The first-order valence-electron chi connectivity index (χ1n) is 10.9. The normalized spacial score (nSPS) is 11.9. The molecule has 0 aliphatic heterocycles. The number of benzene rings is 1. The summed E-state index contributed by atoms with van der Waals surface area (Å²) in [4.78, 5) is 32.6. The van der Waals surface area contributed by atoms with Gasteiger partial charge in [0, 0.05) is 18.7 Å². The molecule has 0 bridgehead atoms. The fourth-order valence-corrected chi connectivity index (χ4v) is 6.82. The summed E-state index contributed by atoms with van der Waals surface area (Å²) in [6, 6.07) is 6.34. The van der Waals surface area contributed by atoms with Crippen molar-refractivity contribution in [2.75, 3.05) is 20.2 Å². The van der Waals surface area contributed by atoms with Crippen LogP contribution in [0.25, 0.3) is 21.7 Å². The lowest BCUT2D eigenvalue weighted by molar-refractivity contribution is 0.0605. The van der Waals surface area contributed by atoms with Crippen LogP contribution in [-0.4, -0.2) is 59.1 Å². The van der Waals surface area contributed by atoms with Crippen LogP contribution in [0.2, 0.25) is 0 Å². The van der Waals surface area contributed by atoms with Gasteiger partial charge in [-0.05, 0) is 30.7 Å². The molecule has 3 aromatic heterocycles. The number of hydrogen-bond acceptors (Lipinski definition) is 11. The molecule has 14 heteroatoms. The van der Waals surface area contributed by atoms with Gasteiger partial charge in [-0.2, -0.15) is 4.31 Å². The second-order valence-corrected chi connectivity index (χ2v) is 11.4. The van der Waals surface area contributed by atoms with E-state index in [0.29, 0.717) is 45.1 Å². The molecule has 4 rings (SSSR count). The van der Waals surface area contributed by atoms with Crippen LogP contribution in [0.4, 0.5) is 0 Å². The molecule has 1 aromatic carbocycles. The Kier molecular flexibility index (Phi) is 7.59. The highest BCUT2D eigenvalue weighted by Crippen LogP contribution is 2.30. The van der Waals surface area contributed by atoms with Crippen molar-refractivity contribution in [3.05, 3.63) is 50.9 Å². The van der Waals surface area contributed by atoms with Crippen molar-refractivity contribution in [1.82, 2.24) is 24.5 Å². The van der Waals surface area contributed by atoms with E-state index < -0.39 is 16.0 Å². The van der Waals surface area contributed by atoms with E-state index in [9.17, 15) is 18.0 Å². The van der Waals surface area contributed by atoms with Gasteiger partial charge in [-0.15, -0.1) is 21.5 Å². The van der Waals surface area contributed by atoms with Gasteiger partial charge in [0.2, 0.25) is 15.9 Å². The van der Waals surface area contributed by atoms with Gasteiger partial charge in [0.05, 0.1) is 23.1 Å². The number of thioether (sulfide) groups is 1. The zero-order valence-electron chi connectivity index (χ0n) is 19.9. The Morgan fingerprint density at radius 3 is 2.69 bits per heavy atom. The van der Waals surface area contributed by atoms with Crippen LogP contribution in [0, 0.1) is 6.92 Å². The van der Waals surface area contributed by atoms with Crippen molar-refractivity contribution < 1.29 is 22.4 Å². The average Bonchev–Trinajstić information content (AvgIpc) is 3.48. The van der Waals surface area contributed by atoms with Crippen LogP contribution in [0.15, 0.2) is 43.6 Å². The third kappa shape index (κ3) is 4.93. The van der Waals surface area contributed by atoms with Crippen LogP contribution in [0.5, 0.6) is 0 Å². The highest BCUT2D eigenvalue weighted by atomic mass is 32.2. The predicted octanol–water partition coefficient (Wildman–Crippen LogP) is 3.45. The lowest BCUT2D eigenvalue weighted by Gasteiger charge is -2.18. The highest BCUT2D eigenvalue weighted by molar-refractivity contribution is 7.98. The van der Waals surface area contributed by atoms with Crippen LogP contribution in [0.1, 0.15) is 34.9 Å². The number of methoxy groups -OCH3 is 1. The Labute approximate surface area is 215 Å². The fraction of sp³-hybridized carbons (Fsp3) is 0.318. The number of H-pyrrole nitrogens is 1. The fourth-order valence-electron chi connectivity index (χ4n) is 3.56. The summed E-state index contributed by atoms with van der Waals surface area (Å²) in [6.45, 7) is 5.97. The number of nitrogens with zero attached hydrogens (tertiary/aromatic N) is 4. The molecule has 0 aliphatic carbocycles. The van der Waals surface area contributed by atoms with Crippen LogP contribution in [-0.2, 0) is 20.5 Å². The number of aromatic amines is 1. The maximum absolute atomic E-state index is 12.8. The third-order valence-corrected chi connectivity index (χ3v) is 9.42. The summed E-state index contributed by atoms with van der Waals surface area (Å²) >= 11 is 2.26. The van der Waals surface area contributed by atoms with Gasteiger partial charge in [-0.3, -0.25) is 4.79 Å². The number of aryl methyl sites for hydroxylation is 1. The first-order chi connectivity index (χ1) is 17.2. The van der Waals surface area contributed by atoms with E-state index in [1.807, 2.05) is 0 Å². The summed E-state index contributed by atoms with van der Waals surface area (Å²) in [7, 11) is -2.35. The van der Waals surface area contributed by atoms with Gasteiger partial charge in [-0.1, -0.05) is 31.7 Å².